The topological polar surface area (TPSA) is 84.5 Å². The third kappa shape index (κ3) is 5.71. The number of carbonyl (C=O) groups is 3. The Labute approximate surface area is 121 Å². The summed E-state index contributed by atoms with van der Waals surface area (Å²) in [5.41, 5.74) is 0.614. The highest BCUT2D eigenvalue weighted by atomic mass is 35.5. The second kappa shape index (κ2) is 8.16. The molecule has 0 unspecified atom stereocenters. The molecule has 0 radical (unpaired) electrons. The monoisotopic (exact) mass is 298 g/mol. The molecule has 0 aliphatic carbocycles. The summed E-state index contributed by atoms with van der Waals surface area (Å²) in [7, 11) is 0. The van der Waals surface area contributed by atoms with E-state index in [1.165, 1.54) is 0 Å². The molecule has 0 aliphatic heterocycles. The molecule has 7 heteroatoms. The fraction of sp³-hybridized carbons (Fsp3) is 0.308. The Hall–Kier alpha value is -2.08. The first-order valence-corrected chi connectivity index (χ1v) is 6.37. The van der Waals surface area contributed by atoms with Crippen LogP contribution in [0.25, 0.3) is 0 Å². The number of imide groups is 1. The van der Waals surface area contributed by atoms with Crippen LogP contribution in [0.5, 0.6) is 0 Å². The molecule has 0 fully saturated rings. The molecule has 1 rings (SSSR count). The van der Waals surface area contributed by atoms with Gasteiger partial charge in [0.1, 0.15) is 0 Å². The third-order valence-corrected chi connectivity index (χ3v) is 2.62. The van der Waals surface area contributed by atoms with Gasteiger partial charge in [0.15, 0.2) is 6.61 Å². The molecule has 1 aromatic rings. The highest BCUT2D eigenvalue weighted by molar-refractivity contribution is 6.31. The number of urea groups is 1. The average Bonchev–Trinajstić information content (AvgIpc) is 2.39. The lowest BCUT2D eigenvalue weighted by molar-refractivity contribution is -0.147. The van der Waals surface area contributed by atoms with Gasteiger partial charge in [-0.3, -0.25) is 14.9 Å². The minimum absolute atomic E-state index is 0.0336. The van der Waals surface area contributed by atoms with Crippen molar-refractivity contribution in [2.75, 3.05) is 13.2 Å². The summed E-state index contributed by atoms with van der Waals surface area (Å²) < 4.78 is 4.75. The van der Waals surface area contributed by atoms with E-state index < -0.39 is 24.5 Å². The van der Waals surface area contributed by atoms with Crippen LogP contribution < -0.4 is 10.6 Å². The van der Waals surface area contributed by atoms with Crippen molar-refractivity contribution in [2.24, 2.45) is 0 Å². The number of amides is 3. The molecule has 0 spiro atoms. The number of nitrogens with one attached hydrogen (secondary N) is 2. The smallest absolute Gasteiger partial charge is 0.321 e. The molecule has 2 N–H and O–H groups in total. The Morgan fingerprint density at radius 2 is 1.95 bits per heavy atom. The van der Waals surface area contributed by atoms with Crippen molar-refractivity contribution in [1.82, 2.24) is 10.6 Å². The molecule has 0 bridgehead atoms. The molecule has 0 aromatic heterocycles. The quantitative estimate of drug-likeness (QED) is 0.802. The lowest BCUT2D eigenvalue weighted by Gasteiger charge is -2.07. The first kappa shape index (κ1) is 16.0. The van der Waals surface area contributed by atoms with E-state index in [2.05, 4.69) is 5.32 Å². The predicted octanol–water partition coefficient (Wildman–Crippen LogP) is 1.27. The largest absolute Gasteiger partial charge is 0.455 e. The lowest BCUT2D eigenvalue weighted by Crippen LogP contribution is -2.41. The maximum Gasteiger partial charge on any atom is 0.321 e. The molecule has 0 atom stereocenters. The van der Waals surface area contributed by atoms with Crippen LogP contribution in [0.4, 0.5) is 4.79 Å². The maximum absolute atomic E-state index is 11.5. The predicted molar refractivity (Wildman–Crippen MR) is 73.3 cm³/mol. The van der Waals surface area contributed by atoms with Crippen molar-refractivity contribution >= 4 is 29.5 Å². The molecule has 20 heavy (non-hydrogen) atoms. The van der Waals surface area contributed by atoms with Gasteiger partial charge in [-0.15, -0.1) is 0 Å². The van der Waals surface area contributed by atoms with Crippen molar-refractivity contribution in [3.8, 4) is 0 Å². The average molecular weight is 299 g/mol. The van der Waals surface area contributed by atoms with Gasteiger partial charge < -0.3 is 10.1 Å². The first-order valence-electron chi connectivity index (χ1n) is 5.99. The van der Waals surface area contributed by atoms with Crippen molar-refractivity contribution < 1.29 is 19.1 Å². The summed E-state index contributed by atoms with van der Waals surface area (Å²) in [6.07, 6.45) is -0.0336. The van der Waals surface area contributed by atoms with Crippen molar-refractivity contribution in [3.63, 3.8) is 0 Å². The summed E-state index contributed by atoms with van der Waals surface area (Å²) in [5.74, 6) is -1.28. The molecule has 1 aromatic carbocycles. The van der Waals surface area contributed by atoms with Crippen LogP contribution >= 0.6 is 11.6 Å². The van der Waals surface area contributed by atoms with E-state index in [1.807, 2.05) is 5.32 Å². The van der Waals surface area contributed by atoms with Gasteiger partial charge in [-0.2, -0.15) is 0 Å². The van der Waals surface area contributed by atoms with E-state index in [0.717, 1.165) is 0 Å². The Morgan fingerprint density at radius 1 is 1.25 bits per heavy atom. The molecular formula is C13H15ClN2O4. The first-order chi connectivity index (χ1) is 9.52. The van der Waals surface area contributed by atoms with E-state index in [9.17, 15) is 14.4 Å². The van der Waals surface area contributed by atoms with Gasteiger partial charge in [0.05, 0.1) is 6.42 Å². The summed E-state index contributed by atoms with van der Waals surface area (Å²) >= 11 is 5.89. The van der Waals surface area contributed by atoms with Gasteiger partial charge in [-0.25, -0.2) is 4.79 Å². The molecule has 0 saturated heterocycles. The van der Waals surface area contributed by atoms with E-state index >= 15 is 0 Å². The van der Waals surface area contributed by atoms with Crippen LogP contribution in [-0.2, 0) is 20.7 Å². The Morgan fingerprint density at radius 3 is 2.60 bits per heavy atom. The van der Waals surface area contributed by atoms with Crippen LogP contribution in [0.3, 0.4) is 0 Å². The molecular weight excluding hydrogens is 284 g/mol. The zero-order valence-electron chi connectivity index (χ0n) is 10.9. The van der Waals surface area contributed by atoms with Crippen molar-refractivity contribution in [1.29, 1.82) is 0 Å². The second-order valence-electron chi connectivity index (χ2n) is 3.84. The van der Waals surface area contributed by atoms with Crippen LogP contribution in [0.15, 0.2) is 24.3 Å². The third-order valence-electron chi connectivity index (χ3n) is 2.25. The molecule has 6 nitrogen and oxygen atoms in total. The summed E-state index contributed by atoms with van der Waals surface area (Å²) in [5, 5.41) is 4.86. The van der Waals surface area contributed by atoms with Gasteiger partial charge in [0.25, 0.3) is 5.91 Å². The normalized spacial score (nSPS) is 9.70. The Kier molecular flexibility index (Phi) is 6.52. The molecule has 0 heterocycles. The van der Waals surface area contributed by atoms with Crippen LogP contribution in [0.2, 0.25) is 5.02 Å². The van der Waals surface area contributed by atoms with Gasteiger partial charge in [0, 0.05) is 11.6 Å². The lowest BCUT2D eigenvalue weighted by atomic mass is 10.1. The van der Waals surface area contributed by atoms with Crippen molar-refractivity contribution in [3.05, 3.63) is 34.9 Å². The number of ether oxygens (including phenoxy) is 1. The van der Waals surface area contributed by atoms with Crippen LogP contribution in [-0.4, -0.2) is 31.1 Å². The standard InChI is InChI=1S/C13H15ClN2O4/c1-2-15-13(19)16-11(17)8-20-12(18)7-9-5-3-4-6-10(9)14/h3-6H,2,7-8H2,1H3,(H2,15,16,17,19). The van der Waals surface area contributed by atoms with E-state index in [0.29, 0.717) is 17.1 Å². The minimum atomic E-state index is -0.691. The number of hydrogen-bond donors (Lipinski definition) is 2. The summed E-state index contributed by atoms with van der Waals surface area (Å²) in [6, 6.07) is 6.22. The van der Waals surface area contributed by atoms with Crippen LogP contribution in [0, 0.1) is 0 Å². The molecule has 3 amide bonds. The van der Waals surface area contributed by atoms with Gasteiger partial charge in [-0.1, -0.05) is 29.8 Å². The highest BCUT2D eigenvalue weighted by Crippen LogP contribution is 2.15. The fourth-order valence-electron chi connectivity index (χ4n) is 1.36. The van der Waals surface area contributed by atoms with E-state index in [-0.39, 0.29) is 6.42 Å². The summed E-state index contributed by atoms with van der Waals surface area (Å²) in [6.45, 7) is 1.60. The number of rotatable bonds is 5. The zero-order valence-corrected chi connectivity index (χ0v) is 11.7. The van der Waals surface area contributed by atoms with Gasteiger partial charge >= 0.3 is 12.0 Å². The minimum Gasteiger partial charge on any atom is -0.455 e. The van der Waals surface area contributed by atoms with Crippen molar-refractivity contribution in [2.45, 2.75) is 13.3 Å². The molecule has 0 saturated carbocycles. The maximum atomic E-state index is 11.5. The van der Waals surface area contributed by atoms with Crippen LogP contribution in [0.1, 0.15) is 12.5 Å². The molecule has 108 valence electrons. The Bertz CT molecular complexity index is 505. The van der Waals surface area contributed by atoms with E-state index in [1.54, 1.807) is 31.2 Å². The highest BCUT2D eigenvalue weighted by Gasteiger charge is 2.12. The number of halogens is 1. The number of hydrogen-bond acceptors (Lipinski definition) is 4. The van der Waals surface area contributed by atoms with Gasteiger partial charge in [-0.05, 0) is 18.6 Å². The van der Waals surface area contributed by atoms with Gasteiger partial charge in [0.2, 0.25) is 0 Å². The second-order valence-corrected chi connectivity index (χ2v) is 4.24. The zero-order chi connectivity index (χ0) is 15.0. The fourth-order valence-corrected chi connectivity index (χ4v) is 1.56. The number of carbonyl (C=O) groups excluding carboxylic acids is 3. The SMILES string of the molecule is CCNC(=O)NC(=O)COC(=O)Cc1ccccc1Cl. The summed E-state index contributed by atoms with van der Waals surface area (Å²) in [4.78, 5) is 33.8. The molecule has 0 aliphatic rings. The Balaban J connectivity index is 2.35. The number of benzene rings is 1. The van der Waals surface area contributed by atoms with E-state index in [4.69, 9.17) is 16.3 Å². The number of esters is 1.